The van der Waals surface area contributed by atoms with Crippen molar-refractivity contribution in [2.45, 2.75) is 18.8 Å². The van der Waals surface area contributed by atoms with Gasteiger partial charge < -0.3 is 14.5 Å². The molecule has 2 aromatic rings. The minimum absolute atomic E-state index is 0.484. The summed E-state index contributed by atoms with van der Waals surface area (Å²) in [6.45, 7) is 2.10. The molecule has 0 spiro atoms. The molecule has 0 bridgehead atoms. The van der Waals surface area contributed by atoms with Gasteiger partial charge in [0, 0.05) is 5.92 Å². The molecule has 1 aliphatic rings. The van der Waals surface area contributed by atoms with Gasteiger partial charge in [0.2, 0.25) is 5.89 Å². The highest BCUT2D eigenvalue weighted by Crippen LogP contribution is 2.32. The van der Waals surface area contributed by atoms with Crippen LogP contribution in [0.5, 0.6) is 5.75 Å². The maximum absolute atomic E-state index is 5.93. The Morgan fingerprint density at radius 3 is 2.84 bits per heavy atom. The number of ether oxygens (including phenoxy) is 1. The van der Waals surface area contributed by atoms with Gasteiger partial charge in [0.05, 0.1) is 18.9 Å². The molecule has 4 nitrogen and oxygen atoms in total. The summed E-state index contributed by atoms with van der Waals surface area (Å²) >= 11 is 0. The van der Waals surface area contributed by atoms with Gasteiger partial charge >= 0.3 is 0 Å². The zero-order valence-electron chi connectivity index (χ0n) is 11.1. The molecule has 1 aromatic heterocycles. The van der Waals surface area contributed by atoms with Crippen LogP contribution in [0.3, 0.4) is 0 Å². The van der Waals surface area contributed by atoms with Crippen LogP contribution in [-0.4, -0.2) is 25.2 Å². The Hall–Kier alpha value is -1.81. The minimum atomic E-state index is 0.484. The second-order valence-corrected chi connectivity index (χ2v) is 4.79. The van der Waals surface area contributed by atoms with Gasteiger partial charge in [-0.05, 0) is 38.1 Å². The van der Waals surface area contributed by atoms with Crippen LogP contribution in [0.1, 0.15) is 24.5 Å². The van der Waals surface area contributed by atoms with Gasteiger partial charge in [-0.2, -0.15) is 0 Å². The Morgan fingerprint density at radius 1 is 1.26 bits per heavy atom. The molecule has 0 amide bonds. The number of benzene rings is 1. The summed E-state index contributed by atoms with van der Waals surface area (Å²) in [6.07, 6.45) is 4.08. The van der Waals surface area contributed by atoms with E-state index in [4.69, 9.17) is 9.15 Å². The van der Waals surface area contributed by atoms with Crippen molar-refractivity contribution in [2.24, 2.45) is 0 Å². The Morgan fingerprint density at radius 2 is 2.05 bits per heavy atom. The lowest BCUT2D eigenvalue weighted by molar-refractivity contribution is 0.386. The second kappa shape index (κ2) is 5.45. The number of rotatable bonds is 3. The topological polar surface area (TPSA) is 47.3 Å². The highest BCUT2D eigenvalue weighted by atomic mass is 16.5. The molecule has 1 aliphatic heterocycles. The molecule has 2 heterocycles. The number of hydrogen-bond donors (Lipinski definition) is 1. The van der Waals surface area contributed by atoms with Gasteiger partial charge in [-0.15, -0.1) is 0 Å². The second-order valence-electron chi connectivity index (χ2n) is 4.79. The van der Waals surface area contributed by atoms with Gasteiger partial charge in [-0.1, -0.05) is 12.1 Å². The molecule has 4 heteroatoms. The van der Waals surface area contributed by atoms with E-state index in [0.29, 0.717) is 11.8 Å². The van der Waals surface area contributed by atoms with Gasteiger partial charge in [0.25, 0.3) is 0 Å². The number of hydrogen-bond acceptors (Lipinski definition) is 4. The van der Waals surface area contributed by atoms with Crippen LogP contribution in [0.25, 0.3) is 11.5 Å². The van der Waals surface area contributed by atoms with Crippen molar-refractivity contribution in [1.82, 2.24) is 10.3 Å². The quantitative estimate of drug-likeness (QED) is 0.919. The lowest BCUT2D eigenvalue weighted by atomic mass is 9.96. The largest absolute Gasteiger partial charge is 0.496 e. The smallest absolute Gasteiger partial charge is 0.230 e. The van der Waals surface area contributed by atoms with E-state index in [1.165, 1.54) is 0 Å². The standard InChI is InChI=1S/C15H18N2O2/c1-18-13-5-3-2-4-12(13)15-17-10-14(19-15)11-6-8-16-9-7-11/h2-5,10-11,16H,6-9H2,1H3. The molecule has 0 aliphatic carbocycles. The fourth-order valence-corrected chi connectivity index (χ4v) is 2.53. The first-order valence-corrected chi connectivity index (χ1v) is 6.68. The molecule has 1 aromatic carbocycles. The lowest BCUT2D eigenvalue weighted by Gasteiger charge is -2.19. The van der Waals surface area contributed by atoms with E-state index < -0.39 is 0 Å². The maximum atomic E-state index is 5.93. The molecule has 1 fully saturated rings. The first-order valence-electron chi connectivity index (χ1n) is 6.68. The van der Waals surface area contributed by atoms with Gasteiger partial charge in [0.15, 0.2) is 0 Å². The third-order valence-corrected chi connectivity index (χ3v) is 3.60. The predicted octanol–water partition coefficient (Wildman–Crippen LogP) is 2.82. The third-order valence-electron chi connectivity index (χ3n) is 3.60. The Kier molecular flexibility index (Phi) is 3.51. The van der Waals surface area contributed by atoms with Crippen molar-refractivity contribution >= 4 is 0 Å². The Labute approximate surface area is 112 Å². The van der Waals surface area contributed by atoms with Crippen LogP contribution in [0.2, 0.25) is 0 Å². The van der Waals surface area contributed by atoms with Crippen LogP contribution >= 0.6 is 0 Å². The van der Waals surface area contributed by atoms with Crippen molar-refractivity contribution in [3.05, 3.63) is 36.2 Å². The highest BCUT2D eigenvalue weighted by Gasteiger charge is 2.20. The number of methoxy groups -OCH3 is 1. The SMILES string of the molecule is COc1ccccc1-c1ncc(C2CCNCC2)o1. The summed E-state index contributed by atoms with van der Waals surface area (Å²) in [5.74, 6) is 2.91. The van der Waals surface area contributed by atoms with Gasteiger partial charge in [-0.25, -0.2) is 4.98 Å². The zero-order valence-corrected chi connectivity index (χ0v) is 11.1. The fraction of sp³-hybridized carbons (Fsp3) is 0.400. The van der Waals surface area contributed by atoms with Crippen LogP contribution < -0.4 is 10.1 Å². The summed E-state index contributed by atoms with van der Waals surface area (Å²) in [6, 6.07) is 7.80. The summed E-state index contributed by atoms with van der Waals surface area (Å²) in [5, 5.41) is 3.36. The normalized spacial score (nSPS) is 16.5. The first kappa shape index (κ1) is 12.2. The summed E-state index contributed by atoms with van der Waals surface area (Å²) < 4.78 is 11.3. The molecular weight excluding hydrogens is 240 g/mol. The van der Waals surface area contributed by atoms with Gasteiger partial charge in [0.1, 0.15) is 11.5 Å². The summed E-state index contributed by atoms with van der Waals surface area (Å²) in [7, 11) is 1.66. The monoisotopic (exact) mass is 258 g/mol. The number of piperidine rings is 1. The number of aromatic nitrogens is 1. The van der Waals surface area contributed by atoms with E-state index in [2.05, 4.69) is 10.3 Å². The molecule has 0 saturated carbocycles. The summed E-state index contributed by atoms with van der Waals surface area (Å²) in [4.78, 5) is 4.40. The molecular formula is C15H18N2O2. The van der Waals surface area contributed by atoms with Crippen molar-refractivity contribution in [1.29, 1.82) is 0 Å². The van der Waals surface area contributed by atoms with Crippen molar-refractivity contribution in [3.63, 3.8) is 0 Å². The Bertz CT molecular complexity index is 545. The number of nitrogens with one attached hydrogen (secondary N) is 1. The molecule has 1 N–H and O–H groups in total. The lowest BCUT2D eigenvalue weighted by Crippen LogP contribution is -2.26. The zero-order chi connectivity index (χ0) is 13.1. The number of oxazole rings is 1. The van der Waals surface area contributed by atoms with Crippen LogP contribution in [0, 0.1) is 0 Å². The predicted molar refractivity (Wildman–Crippen MR) is 73.3 cm³/mol. The maximum Gasteiger partial charge on any atom is 0.230 e. The van der Waals surface area contributed by atoms with E-state index in [1.54, 1.807) is 7.11 Å². The molecule has 100 valence electrons. The minimum Gasteiger partial charge on any atom is -0.496 e. The van der Waals surface area contributed by atoms with Crippen LogP contribution in [0.15, 0.2) is 34.9 Å². The molecule has 1 saturated heterocycles. The van der Waals surface area contributed by atoms with Crippen molar-refractivity contribution in [3.8, 4) is 17.2 Å². The van der Waals surface area contributed by atoms with E-state index >= 15 is 0 Å². The van der Waals surface area contributed by atoms with Crippen LogP contribution in [-0.2, 0) is 0 Å². The van der Waals surface area contributed by atoms with Crippen molar-refractivity contribution < 1.29 is 9.15 Å². The van der Waals surface area contributed by atoms with E-state index in [9.17, 15) is 0 Å². The molecule has 0 atom stereocenters. The highest BCUT2D eigenvalue weighted by molar-refractivity contribution is 5.62. The fourth-order valence-electron chi connectivity index (χ4n) is 2.53. The molecule has 0 unspecified atom stereocenters. The molecule has 3 rings (SSSR count). The number of para-hydroxylation sites is 1. The van der Waals surface area contributed by atoms with E-state index in [1.807, 2.05) is 30.5 Å². The van der Waals surface area contributed by atoms with Gasteiger partial charge in [-0.3, -0.25) is 0 Å². The third kappa shape index (κ3) is 2.49. The van der Waals surface area contributed by atoms with E-state index in [-0.39, 0.29) is 0 Å². The molecule has 0 radical (unpaired) electrons. The molecule has 19 heavy (non-hydrogen) atoms. The Balaban J connectivity index is 1.88. The van der Waals surface area contributed by atoms with Crippen LogP contribution in [0.4, 0.5) is 0 Å². The summed E-state index contributed by atoms with van der Waals surface area (Å²) in [5.41, 5.74) is 0.908. The first-order chi connectivity index (χ1) is 9.38. The van der Waals surface area contributed by atoms with E-state index in [0.717, 1.165) is 43.0 Å². The average Bonchev–Trinajstić information content (AvgIpc) is 2.98. The van der Waals surface area contributed by atoms with Crippen molar-refractivity contribution in [2.75, 3.05) is 20.2 Å². The average molecular weight is 258 g/mol. The number of nitrogens with zero attached hydrogens (tertiary/aromatic N) is 1.